The summed E-state index contributed by atoms with van der Waals surface area (Å²) in [5, 5.41) is 11.2. The SMILES string of the molecule is O=[N+]([O-])c1ccc(N2CCOC(c3ccco3)C2)c(S(=O)(=O)N2CCCC2)c1. The number of benzene rings is 1. The van der Waals surface area contributed by atoms with E-state index in [4.69, 9.17) is 9.15 Å². The fourth-order valence-electron chi connectivity index (χ4n) is 3.67. The lowest BCUT2D eigenvalue weighted by molar-refractivity contribution is -0.385. The van der Waals surface area contributed by atoms with Crippen LogP contribution in [-0.2, 0) is 14.8 Å². The Balaban J connectivity index is 1.72. The van der Waals surface area contributed by atoms with Crippen LogP contribution in [0.5, 0.6) is 0 Å². The van der Waals surface area contributed by atoms with Gasteiger partial charge in [-0.2, -0.15) is 4.31 Å². The van der Waals surface area contributed by atoms with Crippen molar-refractivity contribution in [2.45, 2.75) is 23.8 Å². The molecule has 0 aliphatic carbocycles. The highest BCUT2D eigenvalue weighted by Crippen LogP contribution is 2.35. The van der Waals surface area contributed by atoms with Crippen LogP contribution in [0.2, 0.25) is 0 Å². The van der Waals surface area contributed by atoms with Gasteiger partial charge in [0, 0.05) is 31.8 Å². The average molecular weight is 407 g/mol. The Morgan fingerprint density at radius 1 is 1.14 bits per heavy atom. The van der Waals surface area contributed by atoms with Gasteiger partial charge >= 0.3 is 0 Å². The van der Waals surface area contributed by atoms with E-state index in [0.29, 0.717) is 44.2 Å². The van der Waals surface area contributed by atoms with Gasteiger partial charge in [0.1, 0.15) is 16.8 Å². The van der Waals surface area contributed by atoms with E-state index in [1.54, 1.807) is 12.3 Å². The average Bonchev–Trinajstić information content (AvgIpc) is 3.41. The molecule has 1 aromatic carbocycles. The molecule has 1 atom stereocenters. The van der Waals surface area contributed by atoms with Crippen LogP contribution in [0.25, 0.3) is 0 Å². The van der Waals surface area contributed by atoms with E-state index in [-0.39, 0.29) is 16.7 Å². The summed E-state index contributed by atoms with van der Waals surface area (Å²) in [6.07, 6.45) is 2.82. The van der Waals surface area contributed by atoms with Gasteiger partial charge in [-0.15, -0.1) is 0 Å². The molecule has 0 spiro atoms. The highest BCUT2D eigenvalue weighted by Gasteiger charge is 2.34. The van der Waals surface area contributed by atoms with E-state index in [0.717, 1.165) is 12.8 Å². The summed E-state index contributed by atoms with van der Waals surface area (Å²) in [7, 11) is -3.82. The summed E-state index contributed by atoms with van der Waals surface area (Å²) >= 11 is 0. The monoisotopic (exact) mass is 407 g/mol. The van der Waals surface area contributed by atoms with Gasteiger partial charge in [-0.1, -0.05) is 0 Å². The lowest BCUT2D eigenvalue weighted by atomic mass is 10.2. The Bertz CT molecular complexity index is 954. The molecule has 150 valence electrons. The van der Waals surface area contributed by atoms with Crippen LogP contribution in [0.4, 0.5) is 11.4 Å². The van der Waals surface area contributed by atoms with Crippen molar-refractivity contribution in [2.75, 3.05) is 37.7 Å². The molecule has 1 unspecified atom stereocenters. The molecule has 9 nitrogen and oxygen atoms in total. The number of morpholine rings is 1. The van der Waals surface area contributed by atoms with Crippen molar-refractivity contribution in [2.24, 2.45) is 0 Å². The summed E-state index contributed by atoms with van der Waals surface area (Å²) in [6.45, 7) is 2.14. The van der Waals surface area contributed by atoms with Crippen molar-refractivity contribution in [3.05, 3.63) is 52.5 Å². The number of hydrogen-bond donors (Lipinski definition) is 0. The van der Waals surface area contributed by atoms with Crippen molar-refractivity contribution in [3.8, 4) is 0 Å². The molecule has 2 fully saturated rings. The molecule has 10 heteroatoms. The second-order valence-corrected chi connectivity index (χ2v) is 8.75. The Morgan fingerprint density at radius 2 is 1.93 bits per heavy atom. The first-order chi connectivity index (χ1) is 13.5. The number of nitro groups is 1. The zero-order valence-electron chi connectivity index (χ0n) is 15.2. The molecule has 2 aromatic rings. The van der Waals surface area contributed by atoms with Crippen LogP contribution in [0.1, 0.15) is 24.7 Å². The quantitative estimate of drug-likeness (QED) is 0.554. The minimum absolute atomic E-state index is 0.0244. The predicted octanol–water partition coefficient (Wildman–Crippen LogP) is 2.55. The predicted molar refractivity (Wildman–Crippen MR) is 101 cm³/mol. The normalized spacial score (nSPS) is 21.1. The molecule has 2 aliphatic heterocycles. The zero-order valence-corrected chi connectivity index (χ0v) is 16.0. The van der Waals surface area contributed by atoms with Gasteiger partial charge in [0.05, 0.1) is 30.0 Å². The Labute approximate surface area is 162 Å². The van der Waals surface area contributed by atoms with Crippen LogP contribution >= 0.6 is 0 Å². The third kappa shape index (κ3) is 3.50. The van der Waals surface area contributed by atoms with E-state index in [1.807, 2.05) is 11.0 Å². The Morgan fingerprint density at radius 3 is 2.61 bits per heavy atom. The lowest BCUT2D eigenvalue weighted by Crippen LogP contribution is -2.39. The standard InChI is InChI=1S/C18H21N3O6S/c22-21(23)14-5-6-15(18(12-14)28(24,25)20-7-1-2-8-20)19-9-11-27-17(13-19)16-4-3-10-26-16/h3-6,10,12,17H,1-2,7-9,11,13H2. The van der Waals surface area contributed by atoms with E-state index < -0.39 is 14.9 Å². The first-order valence-electron chi connectivity index (χ1n) is 9.15. The van der Waals surface area contributed by atoms with Crippen LogP contribution < -0.4 is 4.90 Å². The molecule has 0 radical (unpaired) electrons. The van der Waals surface area contributed by atoms with E-state index in [1.165, 1.54) is 22.5 Å². The lowest BCUT2D eigenvalue weighted by Gasteiger charge is -2.35. The molecule has 0 bridgehead atoms. The summed E-state index contributed by atoms with van der Waals surface area (Å²) in [6, 6.07) is 7.61. The highest BCUT2D eigenvalue weighted by molar-refractivity contribution is 7.89. The second kappa shape index (κ2) is 7.53. The number of nitrogens with zero attached hydrogens (tertiary/aromatic N) is 3. The Hall–Kier alpha value is -2.43. The second-order valence-electron chi connectivity index (χ2n) is 6.84. The van der Waals surface area contributed by atoms with Crippen LogP contribution in [0.15, 0.2) is 45.9 Å². The first-order valence-corrected chi connectivity index (χ1v) is 10.6. The number of ether oxygens (including phenoxy) is 1. The summed E-state index contributed by atoms with van der Waals surface area (Å²) in [5.74, 6) is 0.663. The maximum Gasteiger partial charge on any atom is 0.270 e. The first kappa shape index (κ1) is 18.9. The van der Waals surface area contributed by atoms with Crippen molar-refractivity contribution < 1.29 is 22.5 Å². The number of hydrogen-bond acceptors (Lipinski definition) is 7. The van der Waals surface area contributed by atoms with Gasteiger partial charge in [-0.25, -0.2) is 8.42 Å². The summed E-state index contributed by atoms with van der Waals surface area (Å²) < 4.78 is 39.0. The van der Waals surface area contributed by atoms with Crippen molar-refractivity contribution in [1.82, 2.24) is 4.31 Å². The van der Waals surface area contributed by atoms with Gasteiger partial charge in [0.15, 0.2) is 0 Å². The summed E-state index contributed by atoms with van der Waals surface area (Å²) in [5.41, 5.74) is 0.217. The minimum atomic E-state index is -3.82. The highest BCUT2D eigenvalue weighted by atomic mass is 32.2. The van der Waals surface area contributed by atoms with Gasteiger partial charge in [0.25, 0.3) is 5.69 Å². The molecule has 28 heavy (non-hydrogen) atoms. The molecular weight excluding hydrogens is 386 g/mol. The van der Waals surface area contributed by atoms with Gasteiger partial charge < -0.3 is 14.1 Å². The van der Waals surface area contributed by atoms with Crippen molar-refractivity contribution in [3.63, 3.8) is 0 Å². The molecule has 3 heterocycles. The molecule has 2 aliphatic rings. The molecule has 1 aromatic heterocycles. The molecule has 0 N–H and O–H groups in total. The third-order valence-corrected chi connectivity index (χ3v) is 7.03. The molecule has 2 saturated heterocycles. The fourth-order valence-corrected chi connectivity index (χ4v) is 5.41. The van der Waals surface area contributed by atoms with Crippen molar-refractivity contribution >= 4 is 21.4 Å². The van der Waals surface area contributed by atoms with E-state index in [9.17, 15) is 18.5 Å². The molecule has 0 amide bonds. The molecular formula is C18H21N3O6S. The van der Waals surface area contributed by atoms with Crippen LogP contribution in [0.3, 0.4) is 0 Å². The number of furan rings is 1. The number of sulfonamides is 1. The van der Waals surface area contributed by atoms with E-state index in [2.05, 4.69) is 0 Å². The maximum atomic E-state index is 13.2. The van der Waals surface area contributed by atoms with E-state index >= 15 is 0 Å². The third-order valence-electron chi connectivity index (χ3n) is 5.10. The fraction of sp³-hybridized carbons (Fsp3) is 0.444. The number of nitro benzene ring substituents is 1. The summed E-state index contributed by atoms with van der Waals surface area (Å²) in [4.78, 5) is 12.5. The minimum Gasteiger partial charge on any atom is -0.467 e. The zero-order chi connectivity index (χ0) is 19.7. The van der Waals surface area contributed by atoms with Crippen LogP contribution in [0, 0.1) is 10.1 Å². The maximum absolute atomic E-state index is 13.2. The van der Waals surface area contributed by atoms with Gasteiger partial charge in [-0.3, -0.25) is 10.1 Å². The molecule has 0 saturated carbocycles. The van der Waals surface area contributed by atoms with Gasteiger partial charge in [0.2, 0.25) is 10.0 Å². The number of rotatable bonds is 5. The largest absolute Gasteiger partial charge is 0.467 e. The van der Waals surface area contributed by atoms with Crippen molar-refractivity contribution in [1.29, 1.82) is 0 Å². The smallest absolute Gasteiger partial charge is 0.270 e. The van der Waals surface area contributed by atoms with Crippen LogP contribution in [-0.4, -0.2) is 50.4 Å². The number of non-ortho nitro benzene ring substituents is 1. The molecule has 4 rings (SSSR count). The topological polar surface area (TPSA) is 106 Å². The van der Waals surface area contributed by atoms with Gasteiger partial charge in [-0.05, 0) is 31.0 Å². The Kier molecular flexibility index (Phi) is 5.09. The number of anilines is 1.